The van der Waals surface area contributed by atoms with Crippen molar-refractivity contribution in [2.75, 3.05) is 5.32 Å². The Morgan fingerprint density at radius 2 is 1.90 bits per heavy atom. The minimum absolute atomic E-state index is 0.0180. The van der Waals surface area contributed by atoms with E-state index in [1.807, 2.05) is 6.07 Å². The van der Waals surface area contributed by atoms with Gasteiger partial charge >= 0.3 is 0 Å². The minimum Gasteiger partial charge on any atom is -0.511 e. The summed E-state index contributed by atoms with van der Waals surface area (Å²) >= 11 is 5.06. The number of hydrogen-bond acceptors (Lipinski definition) is 5. The van der Waals surface area contributed by atoms with Gasteiger partial charge in [0.2, 0.25) is 10.0 Å². The van der Waals surface area contributed by atoms with Crippen molar-refractivity contribution in [3.05, 3.63) is 35.6 Å². The molecule has 0 saturated carbocycles. The van der Waals surface area contributed by atoms with Crippen LogP contribution in [-0.2, 0) is 10.0 Å². The molecule has 0 spiro atoms. The van der Waals surface area contributed by atoms with E-state index in [-0.39, 0.29) is 27.1 Å². The summed E-state index contributed by atoms with van der Waals surface area (Å²) in [5.74, 6) is -0.333. The second kappa shape index (κ2) is 6.67. The van der Waals surface area contributed by atoms with Gasteiger partial charge in [-0.1, -0.05) is 26.1 Å². The van der Waals surface area contributed by atoms with Gasteiger partial charge in [0.05, 0.1) is 4.90 Å². The van der Waals surface area contributed by atoms with Gasteiger partial charge in [0, 0.05) is 11.6 Å². The second-order valence-corrected chi connectivity index (χ2v) is 6.52. The van der Waals surface area contributed by atoms with E-state index in [9.17, 15) is 13.5 Å². The lowest BCUT2D eigenvalue weighted by Gasteiger charge is -2.11. The SMILES string of the molecule is CC(C)C(O)=C(C#N)C(=S)Nc1ccc(S(N)(=O)=O)cc1. The number of hydrogen-bond donors (Lipinski definition) is 3. The highest BCUT2D eigenvalue weighted by Gasteiger charge is 2.14. The molecule has 8 heteroatoms. The number of sulfonamides is 1. The number of nitrogens with two attached hydrogens (primary N) is 1. The van der Waals surface area contributed by atoms with Gasteiger partial charge in [-0.15, -0.1) is 0 Å². The van der Waals surface area contributed by atoms with Crippen LogP contribution in [0.5, 0.6) is 0 Å². The third kappa shape index (κ3) is 4.53. The summed E-state index contributed by atoms with van der Waals surface area (Å²) in [7, 11) is -3.76. The van der Waals surface area contributed by atoms with Crippen molar-refractivity contribution in [1.29, 1.82) is 5.26 Å². The van der Waals surface area contributed by atoms with Crippen LogP contribution in [0.1, 0.15) is 13.8 Å². The van der Waals surface area contributed by atoms with E-state index >= 15 is 0 Å². The van der Waals surface area contributed by atoms with Crippen molar-refractivity contribution in [1.82, 2.24) is 0 Å². The first-order valence-electron chi connectivity index (χ1n) is 5.94. The summed E-state index contributed by atoms with van der Waals surface area (Å²) in [6, 6.07) is 7.42. The molecule has 1 rings (SSSR count). The Bertz CT molecular complexity index is 714. The average Bonchev–Trinajstić information content (AvgIpc) is 2.38. The summed E-state index contributed by atoms with van der Waals surface area (Å²) in [6.45, 7) is 3.46. The largest absolute Gasteiger partial charge is 0.511 e. The maximum atomic E-state index is 11.1. The van der Waals surface area contributed by atoms with Crippen LogP contribution < -0.4 is 10.5 Å². The number of anilines is 1. The van der Waals surface area contributed by atoms with E-state index in [4.69, 9.17) is 22.6 Å². The third-order valence-corrected chi connectivity index (χ3v) is 3.82. The molecule has 0 bridgehead atoms. The second-order valence-electron chi connectivity index (χ2n) is 4.55. The molecule has 0 fully saturated rings. The summed E-state index contributed by atoms with van der Waals surface area (Å²) in [6.07, 6.45) is 0. The van der Waals surface area contributed by atoms with E-state index in [2.05, 4.69) is 5.32 Å². The summed E-state index contributed by atoms with van der Waals surface area (Å²) in [5.41, 5.74) is 0.465. The smallest absolute Gasteiger partial charge is 0.238 e. The van der Waals surface area contributed by atoms with Gasteiger partial charge in [-0.2, -0.15) is 5.26 Å². The third-order valence-electron chi connectivity index (χ3n) is 2.58. The van der Waals surface area contributed by atoms with Crippen LogP contribution in [0, 0.1) is 17.2 Å². The molecule has 21 heavy (non-hydrogen) atoms. The molecule has 1 aromatic rings. The lowest BCUT2D eigenvalue weighted by Crippen LogP contribution is -2.15. The van der Waals surface area contributed by atoms with E-state index in [1.165, 1.54) is 24.3 Å². The van der Waals surface area contributed by atoms with Crippen molar-refractivity contribution >= 4 is 32.9 Å². The summed E-state index contributed by atoms with van der Waals surface area (Å²) in [4.78, 5) is 0.0344. The quantitative estimate of drug-likeness (QED) is 0.338. The fourth-order valence-corrected chi connectivity index (χ4v) is 2.22. The van der Waals surface area contributed by atoms with E-state index < -0.39 is 10.0 Å². The number of nitrogens with zero attached hydrogens (tertiary/aromatic N) is 1. The first-order chi connectivity index (χ1) is 9.66. The Hall–Kier alpha value is -1.95. The fourth-order valence-electron chi connectivity index (χ4n) is 1.43. The highest BCUT2D eigenvalue weighted by atomic mass is 32.2. The number of allylic oxidation sites excluding steroid dienone is 1. The minimum atomic E-state index is -3.76. The molecule has 6 nitrogen and oxygen atoms in total. The molecule has 0 saturated heterocycles. The Kier molecular flexibility index (Phi) is 5.43. The lowest BCUT2D eigenvalue weighted by molar-refractivity contribution is 0.350. The van der Waals surface area contributed by atoms with Crippen LogP contribution >= 0.6 is 12.2 Å². The van der Waals surface area contributed by atoms with Crippen LogP contribution in [0.15, 0.2) is 40.5 Å². The Labute approximate surface area is 128 Å². The predicted octanol–water partition coefficient (Wildman–Crippen LogP) is 2.06. The first kappa shape index (κ1) is 17.1. The molecule has 1 aromatic carbocycles. The maximum absolute atomic E-state index is 11.1. The van der Waals surface area contributed by atoms with Gasteiger partial charge in [-0.25, -0.2) is 13.6 Å². The van der Waals surface area contributed by atoms with Crippen molar-refractivity contribution in [3.8, 4) is 6.07 Å². The van der Waals surface area contributed by atoms with Crippen LogP contribution in [0.3, 0.4) is 0 Å². The summed E-state index contributed by atoms with van der Waals surface area (Å²) < 4.78 is 22.3. The van der Waals surface area contributed by atoms with Crippen molar-refractivity contribution in [2.24, 2.45) is 11.1 Å². The maximum Gasteiger partial charge on any atom is 0.238 e. The van der Waals surface area contributed by atoms with Gasteiger partial charge in [0.25, 0.3) is 0 Å². The monoisotopic (exact) mass is 325 g/mol. The van der Waals surface area contributed by atoms with Crippen LogP contribution in [0.4, 0.5) is 5.69 Å². The fraction of sp³-hybridized carbons (Fsp3) is 0.231. The molecule has 0 aromatic heterocycles. The molecular formula is C13H15N3O3S2. The molecule has 0 heterocycles. The van der Waals surface area contributed by atoms with Crippen molar-refractivity contribution < 1.29 is 13.5 Å². The van der Waals surface area contributed by atoms with Crippen molar-refractivity contribution in [3.63, 3.8) is 0 Å². The first-order valence-corrected chi connectivity index (χ1v) is 7.89. The van der Waals surface area contributed by atoms with E-state index in [0.29, 0.717) is 5.69 Å². The zero-order chi connectivity index (χ0) is 16.2. The zero-order valence-corrected chi connectivity index (χ0v) is 13.1. The summed E-state index contributed by atoms with van der Waals surface area (Å²) in [5, 5.41) is 26.6. The molecule has 0 aliphatic heterocycles. The molecule has 0 aliphatic carbocycles. The number of nitriles is 1. The Morgan fingerprint density at radius 3 is 2.29 bits per heavy atom. The van der Waals surface area contributed by atoms with Gasteiger partial charge < -0.3 is 10.4 Å². The van der Waals surface area contributed by atoms with E-state index in [1.54, 1.807) is 13.8 Å². The number of rotatable bonds is 4. The Morgan fingerprint density at radius 1 is 1.38 bits per heavy atom. The molecule has 4 N–H and O–H groups in total. The van der Waals surface area contributed by atoms with Gasteiger partial charge in [0.15, 0.2) is 0 Å². The van der Waals surface area contributed by atoms with Gasteiger partial charge in [-0.05, 0) is 24.3 Å². The van der Waals surface area contributed by atoms with Crippen molar-refractivity contribution in [2.45, 2.75) is 18.7 Å². The number of nitrogens with one attached hydrogen (secondary N) is 1. The Balaban J connectivity index is 2.99. The normalized spacial score (nSPS) is 12.5. The molecule has 0 aliphatic rings. The van der Waals surface area contributed by atoms with Crippen LogP contribution in [0.25, 0.3) is 0 Å². The average molecular weight is 325 g/mol. The number of benzene rings is 1. The molecule has 0 radical (unpaired) electrons. The van der Waals surface area contributed by atoms with Crippen LogP contribution in [-0.4, -0.2) is 18.5 Å². The molecule has 0 amide bonds. The number of aliphatic hydroxyl groups excluding tert-OH is 1. The number of aliphatic hydroxyl groups is 1. The highest BCUT2D eigenvalue weighted by molar-refractivity contribution is 7.89. The zero-order valence-electron chi connectivity index (χ0n) is 11.5. The molecule has 0 unspecified atom stereocenters. The molecule has 0 atom stereocenters. The van der Waals surface area contributed by atoms with Crippen LogP contribution in [0.2, 0.25) is 0 Å². The lowest BCUT2D eigenvalue weighted by atomic mass is 10.1. The topological polar surface area (TPSA) is 116 Å². The molecule has 112 valence electrons. The number of thiocarbonyl (C=S) groups is 1. The predicted molar refractivity (Wildman–Crippen MR) is 84.1 cm³/mol. The number of primary sulfonamides is 1. The van der Waals surface area contributed by atoms with Gasteiger partial charge in [0.1, 0.15) is 22.4 Å². The molecular weight excluding hydrogens is 310 g/mol. The van der Waals surface area contributed by atoms with Gasteiger partial charge in [-0.3, -0.25) is 0 Å². The standard InChI is InChI=1S/C13H15N3O3S2/c1-8(2)12(17)11(7-14)13(20)16-9-3-5-10(6-4-9)21(15,18)19/h3-6,8,17H,1-2H3,(H,16,20)(H2,15,18,19). The highest BCUT2D eigenvalue weighted by Crippen LogP contribution is 2.17. The van der Waals surface area contributed by atoms with E-state index in [0.717, 1.165) is 0 Å².